The molecular formula is C13H24N2OS. The van der Waals surface area contributed by atoms with Crippen molar-refractivity contribution < 1.29 is 4.79 Å². The van der Waals surface area contributed by atoms with Gasteiger partial charge < -0.3 is 11.1 Å². The monoisotopic (exact) mass is 256 g/mol. The molecule has 1 aliphatic rings. The number of nitrogens with two attached hydrogens (primary N) is 1. The number of rotatable bonds is 5. The fourth-order valence-corrected chi connectivity index (χ4v) is 3.09. The summed E-state index contributed by atoms with van der Waals surface area (Å²) in [6.07, 6.45) is 5.82. The highest BCUT2D eigenvalue weighted by atomic mass is 32.1. The maximum atomic E-state index is 12.5. The summed E-state index contributed by atoms with van der Waals surface area (Å²) in [5, 5.41) is 3.17. The van der Waals surface area contributed by atoms with Crippen molar-refractivity contribution in [1.29, 1.82) is 0 Å². The predicted octanol–water partition coefficient (Wildman–Crippen LogP) is 2.53. The van der Waals surface area contributed by atoms with Gasteiger partial charge in [-0.05, 0) is 32.6 Å². The van der Waals surface area contributed by atoms with E-state index in [4.69, 9.17) is 18.0 Å². The van der Waals surface area contributed by atoms with E-state index in [0.717, 1.165) is 12.8 Å². The van der Waals surface area contributed by atoms with E-state index in [2.05, 4.69) is 12.2 Å². The Bertz CT molecular complexity index is 305. The Morgan fingerprint density at radius 2 is 1.82 bits per heavy atom. The Morgan fingerprint density at radius 3 is 2.18 bits per heavy atom. The van der Waals surface area contributed by atoms with E-state index in [1.54, 1.807) is 0 Å². The summed E-state index contributed by atoms with van der Waals surface area (Å²) in [5.41, 5.74) is 5.06. The number of hydrogen-bond acceptors (Lipinski definition) is 2. The molecule has 4 heteroatoms. The van der Waals surface area contributed by atoms with Crippen molar-refractivity contribution in [2.24, 2.45) is 11.1 Å². The van der Waals surface area contributed by atoms with Gasteiger partial charge in [-0.25, -0.2) is 0 Å². The van der Waals surface area contributed by atoms with Crippen molar-refractivity contribution in [3.8, 4) is 0 Å². The number of thiocarbonyl (C=S) groups is 1. The molecule has 1 amide bonds. The lowest BCUT2D eigenvalue weighted by molar-refractivity contribution is -0.129. The first-order valence-electron chi connectivity index (χ1n) is 6.53. The molecule has 3 N–H and O–H groups in total. The lowest BCUT2D eigenvalue weighted by Crippen LogP contribution is -2.54. The average Bonchev–Trinajstić information content (AvgIpc) is 2.66. The van der Waals surface area contributed by atoms with Crippen molar-refractivity contribution in [3.05, 3.63) is 0 Å². The maximum Gasteiger partial charge on any atom is 0.233 e. The highest BCUT2D eigenvalue weighted by Gasteiger charge is 2.41. The van der Waals surface area contributed by atoms with E-state index < -0.39 is 5.41 Å². The normalized spacial score (nSPS) is 19.0. The van der Waals surface area contributed by atoms with Gasteiger partial charge in [-0.15, -0.1) is 0 Å². The van der Waals surface area contributed by atoms with Crippen LogP contribution in [0.25, 0.3) is 0 Å². The highest BCUT2D eigenvalue weighted by molar-refractivity contribution is 7.80. The third-order valence-electron chi connectivity index (χ3n) is 4.24. The van der Waals surface area contributed by atoms with E-state index in [0.29, 0.717) is 17.8 Å². The number of hydrogen-bond donors (Lipinski definition) is 2. The van der Waals surface area contributed by atoms with Gasteiger partial charge in [0, 0.05) is 5.54 Å². The Labute approximate surface area is 110 Å². The fourth-order valence-electron chi connectivity index (χ4n) is 2.71. The molecule has 1 saturated carbocycles. The average molecular weight is 256 g/mol. The Morgan fingerprint density at radius 1 is 1.35 bits per heavy atom. The summed E-state index contributed by atoms with van der Waals surface area (Å²) in [4.78, 5) is 12.8. The van der Waals surface area contributed by atoms with Crippen LogP contribution in [0.2, 0.25) is 0 Å². The summed E-state index contributed by atoms with van der Waals surface area (Å²) in [6, 6.07) is 0. The predicted molar refractivity (Wildman–Crippen MR) is 74.8 cm³/mol. The molecule has 0 bridgehead atoms. The summed E-state index contributed by atoms with van der Waals surface area (Å²) in [7, 11) is 0. The quantitative estimate of drug-likeness (QED) is 0.743. The Balaban J connectivity index is 2.82. The van der Waals surface area contributed by atoms with Crippen LogP contribution >= 0.6 is 12.2 Å². The van der Waals surface area contributed by atoms with Crippen molar-refractivity contribution >= 4 is 23.1 Å². The van der Waals surface area contributed by atoms with Crippen LogP contribution in [0.1, 0.15) is 59.3 Å². The Kier molecular flexibility index (Phi) is 4.53. The minimum Gasteiger partial charge on any atom is -0.392 e. The molecule has 1 aliphatic carbocycles. The second kappa shape index (κ2) is 5.34. The van der Waals surface area contributed by atoms with Gasteiger partial charge in [0.05, 0.1) is 10.4 Å². The van der Waals surface area contributed by atoms with Gasteiger partial charge in [0.2, 0.25) is 5.91 Å². The van der Waals surface area contributed by atoms with Gasteiger partial charge in [-0.1, -0.05) is 38.9 Å². The number of carbonyl (C=O) groups excluding carboxylic acids is 1. The first-order chi connectivity index (χ1) is 7.90. The molecule has 1 rings (SSSR count). The van der Waals surface area contributed by atoms with Crippen LogP contribution in [-0.2, 0) is 4.79 Å². The van der Waals surface area contributed by atoms with Crippen molar-refractivity contribution in [2.75, 3.05) is 0 Å². The van der Waals surface area contributed by atoms with Crippen LogP contribution in [0.15, 0.2) is 0 Å². The molecule has 0 aromatic heterocycles. The molecule has 0 atom stereocenters. The van der Waals surface area contributed by atoms with E-state index in [-0.39, 0.29) is 11.4 Å². The molecule has 0 spiro atoms. The van der Waals surface area contributed by atoms with Gasteiger partial charge in [0.25, 0.3) is 0 Å². The number of nitrogens with one attached hydrogen (secondary N) is 1. The van der Waals surface area contributed by atoms with Gasteiger partial charge in [-0.2, -0.15) is 0 Å². The molecule has 0 aromatic carbocycles. The summed E-state index contributed by atoms with van der Waals surface area (Å²) < 4.78 is 0. The summed E-state index contributed by atoms with van der Waals surface area (Å²) in [6.45, 7) is 6.06. The number of amides is 1. The van der Waals surface area contributed by atoms with E-state index in [9.17, 15) is 4.79 Å². The molecule has 0 saturated heterocycles. The molecule has 0 radical (unpaired) electrons. The molecule has 17 heavy (non-hydrogen) atoms. The molecular weight excluding hydrogens is 232 g/mol. The zero-order valence-corrected chi connectivity index (χ0v) is 12.0. The zero-order chi connectivity index (χ0) is 13.1. The van der Waals surface area contributed by atoms with Gasteiger partial charge >= 0.3 is 0 Å². The van der Waals surface area contributed by atoms with Crippen molar-refractivity contribution in [1.82, 2.24) is 5.32 Å². The molecule has 0 aliphatic heterocycles. The SMILES string of the molecule is CCC(CC)(C(=O)NC1(C)CCCC1)C(N)=S. The largest absolute Gasteiger partial charge is 0.392 e. The smallest absolute Gasteiger partial charge is 0.233 e. The fraction of sp³-hybridized carbons (Fsp3) is 0.846. The first-order valence-corrected chi connectivity index (χ1v) is 6.93. The molecule has 98 valence electrons. The lowest BCUT2D eigenvalue weighted by atomic mass is 9.80. The van der Waals surface area contributed by atoms with Crippen LogP contribution in [-0.4, -0.2) is 16.4 Å². The molecule has 0 unspecified atom stereocenters. The van der Waals surface area contributed by atoms with Crippen molar-refractivity contribution in [3.63, 3.8) is 0 Å². The third-order valence-corrected chi connectivity index (χ3v) is 4.63. The molecule has 1 fully saturated rings. The van der Waals surface area contributed by atoms with Crippen LogP contribution in [0.4, 0.5) is 0 Å². The maximum absolute atomic E-state index is 12.5. The second-order valence-corrected chi connectivity index (χ2v) is 5.82. The Hall–Kier alpha value is -0.640. The van der Waals surface area contributed by atoms with Crippen LogP contribution < -0.4 is 11.1 Å². The molecule has 3 nitrogen and oxygen atoms in total. The molecule has 0 aromatic rings. The summed E-state index contributed by atoms with van der Waals surface area (Å²) >= 11 is 5.10. The van der Waals surface area contributed by atoms with Gasteiger partial charge in [0.1, 0.15) is 0 Å². The molecule has 0 heterocycles. The van der Waals surface area contributed by atoms with Crippen LogP contribution in [0.3, 0.4) is 0 Å². The van der Waals surface area contributed by atoms with E-state index in [1.165, 1.54) is 12.8 Å². The topological polar surface area (TPSA) is 55.1 Å². The first kappa shape index (κ1) is 14.4. The van der Waals surface area contributed by atoms with E-state index >= 15 is 0 Å². The second-order valence-electron chi connectivity index (χ2n) is 5.38. The highest BCUT2D eigenvalue weighted by Crippen LogP contribution is 2.33. The van der Waals surface area contributed by atoms with Crippen LogP contribution in [0, 0.1) is 5.41 Å². The summed E-state index contributed by atoms with van der Waals surface area (Å²) in [5.74, 6) is 0.0133. The standard InChI is InChI=1S/C13H24N2OS/c1-4-13(5-2,10(14)17)11(16)15-12(3)8-6-7-9-12/h4-9H2,1-3H3,(H2,14,17)(H,15,16). The van der Waals surface area contributed by atoms with E-state index in [1.807, 2.05) is 13.8 Å². The third kappa shape index (κ3) is 2.79. The van der Waals surface area contributed by atoms with Gasteiger partial charge in [-0.3, -0.25) is 4.79 Å². The number of carbonyl (C=O) groups is 1. The zero-order valence-electron chi connectivity index (χ0n) is 11.1. The van der Waals surface area contributed by atoms with Crippen molar-refractivity contribution in [2.45, 2.75) is 64.8 Å². The minimum absolute atomic E-state index is 0.0133. The minimum atomic E-state index is -0.666. The van der Waals surface area contributed by atoms with Crippen LogP contribution in [0.5, 0.6) is 0 Å². The lowest BCUT2D eigenvalue weighted by Gasteiger charge is -2.34. The van der Waals surface area contributed by atoms with Gasteiger partial charge in [0.15, 0.2) is 0 Å².